The van der Waals surface area contributed by atoms with Gasteiger partial charge >= 0.3 is 0 Å². The van der Waals surface area contributed by atoms with Gasteiger partial charge in [-0.3, -0.25) is 14.4 Å². The van der Waals surface area contributed by atoms with Gasteiger partial charge in [-0.25, -0.2) is 0 Å². The van der Waals surface area contributed by atoms with E-state index in [0.29, 0.717) is 12.8 Å². The first-order chi connectivity index (χ1) is 12.3. The van der Waals surface area contributed by atoms with Crippen molar-refractivity contribution in [2.45, 2.75) is 105 Å². The fraction of sp³-hybridized carbons (Fsp3) is 0.857. The summed E-state index contributed by atoms with van der Waals surface area (Å²) in [5.41, 5.74) is 0. The van der Waals surface area contributed by atoms with Crippen molar-refractivity contribution in [1.29, 1.82) is 0 Å². The number of Topliss-reactive ketones (excluding diaryl/α,β-unsaturated/α-hetero) is 1. The van der Waals surface area contributed by atoms with Gasteiger partial charge < -0.3 is 10.6 Å². The van der Waals surface area contributed by atoms with E-state index >= 15 is 0 Å². The first kappa shape index (κ1) is 24.6. The number of hydrogen-bond donors (Lipinski definition) is 2. The molecular weight excluding hydrogens is 328 g/mol. The first-order valence-corrected chi connectivity index (χ1v) is 10.5. The highest BCUT2D eigenvalue weighted by Gasteiger charge is 2.29. The van der Waals surface area contributed by atoms with Gasteiger partial charge in [-0.15, -0.1) is 0 Å². The normalized spacial score (nSPS) is 13.5. The summed E-state index contributed by atoms with van der Waals surface area (Å²) < 4.78 is 0. The molecule has 0 bridgehead atoms. The van der Waals surface area contributed by atoms with Crippen LogP contribution >= 0.6 is 0 Å². The lowest BCUT2D eigenvalue weighted by molar-refractivity contribution is -0.134. The monoisotopic (exact) mass is 368 g/mol. The van der Waals surface area contributed by atoms with Crippen LogP contribution in [0, 0.1) is 11.8 Å². The molecule has 5 nitrogen and oxygen atoms in total. The maximum atomic E-state index is 12.8. The molecule has 0 saturated carbocycles. The lowest BCUT2D eigenvalue weighted by atomic mass is 9.95. The van der Waals surface area contributed by atoms with Crippen molar-refractivity contribution in [2.75, 3.05) is 0 Å². The van der Waals surface area contributed by atoms with Crippen molar-refractivity contribution in [2.24, 2.45) is 11.8 Å². The Bertz CT molecular complexity index is 429. The van der Waals surface area contributed by atoms with Gasteiger partial charge in [0.15, 0.2) is 5.78 Å². The van der Waals surface area contributed by atoms with Crippen molar-refractivity contribution < 1.29 is 14.4 Å². The topological polar surface area (TPSA) is 75.3 Å². The van der Waals surface area contributed by atoms with Crippen LogP contribution in [0.4, 0.5) is 0 Å². The second-order valence-corrected chi connectivity index (χ2v) is 7.57. The van der Waals surface area contributed by atoms with Crippen molar-refractivity contribution in [1.82, 2.24) is 10.6 Å². The van der Waals surface area contributed by atoms with Gasteiger partial charge in [0.1, 0.15) is 6.04 Å². The maximum absolute atomic E-state index is 12.8. The second kappa shape index (κ2) is 13.8. The summed E-state index contributed by atoms with van der Waals surface area (Å²) >= 11 is 0. The molecule has 0 aromatic heterocycles. The van der Waals surface area contributed by atoms with E-state index in [9.17, 15) is 14.4 Å². The Morgan fingerprint density at radius 3 is 1.69 bits per heavy atom. The Hall–Kier alpha value is -1.39. The molecule has 2 amide bonds. The average molecular weight is 369 g/mol. The molecule has 0 radical (unpaired) electrons. The molecular formula is C21H40N2O3. The average Bonchev–Trinajstić information content (AvgIpc) is 2.58. The first-order valence-electron chi connectivity index (χ1n) is 10.5. The van der Waals surface area contributed by atoms with E-state index < -0.39 is 12.1 Å². The molecule has 0 saturated heterocycles. The fourth-order valence-electron chi connectivity index (χ4n) is 3.19. The molecule has 2 atom stereocenters. The van der Waals surface area contributed by atoms with Gasteiger partial charge in [0, 0.05) is 12.3 Å². The minimum atomic E-state index is -0.604. The molecule has 0 heterocycles. The van der Waals surface area contributed by atoms with Crippen LogP contribution in [0.15, 0.2) is 0 Å². The molecule has 1 unspecified atom stereocenters. The number of hydrogen-bond acceptors (Lipinski definition) is 3. The predicted molar refractivity (Wildman–Crippen MR) is 107 cm³/mol. The number of carbonyl (C=O) groups is 3. The second-order valence-electron chi connectivity index (χ2n) is 7.57. The summed E-state index contributed by atoms with van der Waals surface area (Å²) in [6.07, 6.45) is 6.26. The van der Waals surface area contributed by atoms with Crippen LogP contribution in [0.5, 0.6) is 0 Å². The van der Waals surface area contributed by atoms with E-state index in [2.05, 4.69) is 24.5 Å². The van der Waals surface area contributed by atoms with Crippen molar-refractivity contribution in [3.63, 3.8) is 0 Å². The van der Waals surface area contributed by atoms with Crippen LogP contribution in [-0.2, 0) is 14.4 Å². The highest BCUT2D eigenvalue weighted by atomic mass is 16.2. The molecule has 26 heavy (non-hydrogen) atoms. The molecule has 0 aliphatic rings. The largest absolute Gasteiger partial charge is 0.345 e. The van der Waals surface area contributed by atoms with E-state index in [1.165, 1.54) is 0 Å². The van der Waals surface area contributed by atoms with E-state index in [1.807, 2.05) is 27.7 Å². The molecule has 0 fully saturated rings. The quantitative estimate of drug-likeness (QED) is 0.487. The molecule has 152 valence electrons. The molecule has 0 aromatic rings. The number of ketones is 1. The van der Waals surface area contributed by atoms with Crippen LogP contribution in [-0.4, -0.2) is 29.7 Å². The van der Waals surface area contributed by atoms with Gasteiger partial charge in [-0.1, -0.05) is 60.8 Å². The van der Waals surface area contributed by atoms with Crippen LogP contribution in [0.2, 0.25) is 0 Å². The molecule has 2 N–H and O–H groups in total. The number of rotatable bonds is 14. The van der Waals surface area contributed by atoms with E-state index in [4.69, 9.17) is 0 Å². The highest BCUT2D eigenvalue weighted by Crippen LogP contribution is 2.15. The lowest BCUT2D eigenvalue weighted by Gasteiger charge is -2.27. The summed E-state index contributed by atoms with van der Waals surface area (Å²) in [7, 11) is 0. The van der Waals surface area contributed by atoms with Gasteiger partial charge in [-0.05, 0) is 31.6 Å². The Morgan fingerprint density at radius 1 is 0.731 bits per heavy atom. The Balaban J connectivity index is 5.07. The zero-order chi connectivity index (χ0) is 20.1. The highest BCUT2D eigenvalue weighted by molar-refractivity contribution is 5.93. The lowest BCUT2D eigenvalue weighted by Crippen LogP contribution is -2.54. The summed E-state index contributed by atoms with van der Waals surface area (Å²) in [6.45, 7) is 11.9. The molecule has 0 spiro atoms. The van der Waals surface area contributed by atoms with Crippen molar-refractivity contribution in [3.05, 3.63) is 0 Å². The fourth-order valence-corrected chi connectivity index (χ4v) is 3.19. The smallest absolute Gasteiger partial charge is 0.243 e. The minimum Gasteiger partial charge on any atom is -0.345 e. The molecule has 0 aliphatic carbocycles. The predicted octanol–water partition coefficient (Wildman–Crippen LogP) is 4.00. The molecule has 0 aliphatic heterocycles. The zero-order valence-corrected chi connectivity index (χ0v) is 17.7. The third-order valence-electron chi connectivity index (χ3n) is 4.67. The van der Waals surface area contributed by atoms with Crippen LogP contribution in [0.1, 0.15) is 92.9 Å². The molecule has 5 heteroatoms. The van der Waals surface area contributed by atoms with Crippen LogP contribution in [0.25, 0.3) is 0 Å². The number of carbonyl (C=O) groups excluding carboxylic acids is 3. The summed E-state index contributed by atoms with van der Waals surface area (Å²) in [5, 5.41) is 5.83. The number of amides is 2. The Labute approximate surface area is 160 Å². The zero-order valence-electron chi connectivity index (χ0n) is 17.7. The van der Waals surface area contributed by atoms with Crippen molar-refractivity contribution >= 4 is 17.6 Å². The SMILES string of the molecule is CCCC(=O)[C@H](CCC)NC(=O)C(NC(=O)C(CCC)CCC)C(C)C. The standard InChI is InChI=1S/C21H40N2O3/c1-7-11-16(12-8-2)20(25)23-19(15(5)6)21(26)22-17(13-9-3)18(24)14-10-4/h15-17,19H,7-14H2,1-6H3,(H,22,26)(H,23,25)/t17-,19?/m0/s1. The summed E-state index contributed by atoms with van der Waals surface area (Å²) in [4.78, 5) is 37.7. The van der Waals surface area contributed by atoms with E-state index in [0.717, 1.165) is 38.5 Å². The van der Waals surface area contributed by atoms with Gasteiger partial charge in [-0.2, -0.15) is 0 Å². The number of nitrogens with one attached hydrogen (secondary N) is 2. The maximum Gasteiger partial charge on any atom is 0.243 e. The van der Waals surface area contributed by atoms with Gasteiger partial charge in [0.25, 0.3) is 0 Å². The Kier molecular flexibility index (Phi) is 13.0. The molecule has 0 aromatic carbocycles. The van der Waals surface area contributed by atoms with Crippen LogP contribution in [0.3, 0.4) is 0 Å². The van der Waals surface area contributed by atoms with E-state index in [-0.39, 0.29) is 29.4 Å². The minimum absolute atomic E-state index is 0.0357. The Morgan fingerprint density at radius 2 is 1.27 bits per heavy atom. The van der Waals surface area contributed by atoms with Gasteiger partial charge in [0.2, 0.25) is 11.8 Å². The summed E-state index contributed by atoms with van der Waals surface area (Å²) in [6, 6.07) is -1.06. The van der Waals surface area contributed by atoms with E-state index in [1.54, 1.807) is 0 Å². The van der Waals surface area contributed by atoms with Crippen molar-refractivity contribution in [3.8, 4) is 0 Å². The van der Waals surface area contributed by atoms with Gasteiger partial charge in [0.05, 0.1) is 6.04 Å². The molecule has 0 rings (SSSR count). The third-order valence-corrected chi connectivity index (χ3v) is 4.67. The summed E-state index contributed by atoms with van der Waals surface area (Å²) in [5.74, 6) is -0.303. The van der Waals surface area contributed by atoms with Crippen LogP contribution < -0.4 is 10.6 Å². The third kappa shape index (κ3) is 8.81.